The van der Waals surface area contributed by atoms with Crippen molar-refractivity contribution < 1.29 is 9.13 Å². The van der Waals surface area contributed by atoms with Gasteiger partial charge in [-0.2, -0.15) is 0 Å². The summed E-state index contributed by atoms with van der Waals surface area (Å²) in [6.45, 7) is 4.68. The Bertz CT molecular complexity index is 581. The largest absolute Gasteiger partial charge is 0.454 e. The van der Waals surface area contributed by atoms with Gasteiger partial charge in [-0.05, 0) is 55.8 Å². The van der Waals surface area contributed by atoms with Crippen molar-refractivity contribution >= 4 is 0 Å². The third-order valence-electron chi connectivity index (χ3n) is 2.93. The van der Waals surface area contributed by atoms with Gasteiger partial charge in [0.1, 0.15) is 5.75 Å². The van der Waals surface area contributed by atoms with E-state index >= 15 is 0 Å². The van der Waals surface area contributed by atoms with Crippen LogP contribution in [0.2, 0.25) is 0 Å². The molecule has 3 heteroatoms. The van der Waals surface area contributed by atoms with Gasteiger partial charge in [0.15, 0.2) is 11.6 Å². The van der Waals surface area contributed by atoms with Gasteiger partial charge >= 0.3 is 0 Å². The van der Waals surface area contributed by atoms with Crippen LogP contribution >= 0.6 is 0 Å². The Labute approximate surface area is 113 Å². The monoisotopic (exact) mass is 259 g/mol. The van der Waals surface area contributed by atoms with E-state index in [0.29, 0.717) is 5.75 Å². The molecule has 2 rings (SSSR count). The van der Waals surface area contributed by atoms with E-state index in [4.69, 9.17) is 4.74 Å². The Morgan fingerprint density at radius 2 is 1.84 bits per heavy atom. The summed E-state index contributed by atoms with van der Waals surface area (Å²) in [4.78, 5) is 0. The van der Waals surface area contributed by atoms with Crippen LogP contribution in [0.5, 0.6) is 11.5 Å². The predicted octanol–water partition coefficient (Wildman–Crippen LogP) is 3.95. The van der Waals surface area contributed by atoms with Crippen molar-refractivity contribution in [3.05, 3.63) is 58.9 Å². The summed E-state index contributed by atoms with van der Waals surface area (Å²) in [5, 5.41) is 3.10. The predicted molar refractivity (Wildman–Crippen MR) is 75.2 cm³/mol. The summed E-state index contributed by atoms with van der Waals surface area (Å²) in [5.41, 5.74) is 3.14. The second-order valence-electron chi connectivity index (χ2n) is 4.67. The number of halogens is 1. The molecule has 0 saturated heterocycles. The Morgan fingerprint density at radius 1 is 1.05 bits per heavy atom. The van der Waals surface area contributed by atoms with Crippen molar-refractivity contribution in [3.8, 4) is 11.5 Å². The Hall–Kier alpha value is -1.87. The second kappa shape index (κ2) is 5.85. The highest BCUT2D eigenvalue weighted by atomic mass is 19.1. The Kier molecular flexibility index (Phi) is 4.17. The van der Waals surface area contributed by atoms with Crippen LogP contribution in [0.1, 0.15) is 16.7 Å². The van der Waals surface area contributed by atoms with Gasteiger partial charge in [-0.15, -0.1) is 0 Å². The van der Waals surface area contributed by atoms with E-state index in [-0.39, 0.29) is 11.6 Å². The van der Waals surface area contributed by atoms with Crippen molar-refractivity contribution in [2.45, 2.75) is 20.4 Å². The maximum Gasteiger partial charge on any atom is 0.165 e. The minimum atomic E-state index is -0.343. The van der Waals surface area contributed by atoms with Crippen molar-refractivity contribution in [2.24, 2.45) is 0 Å². The molecule has 19 heavy (non-hydrogen) atoms. The molecule has 0 atom stereocenters. The molecule has 2 aromatic rings. The lowest BCUT2D eigenvalue weighted by atomic mass is 10.1. The number of aryl methyl sites for hydroxylation is 2. The highest BCUT2D eigenvalue weighted by Gasteiger charge is 2.07. The molecule has 0 saturated carbocycles. The molecule has 0 aliphatic heterocycles. The zero-order valence-corrected chi connectivity index (χ0v) is 11.5. The van der Waals surface area contributed by atoms with E-state index in [1.165, 1.54) is 11.6 Å². The smallest absolute Gasteiger partial charge is 0.165 e. The number of hydrogen-bond donors (Lipinski definition) is 1. The third-order valence-corrected chi connectivity index (χ3v) is 2.93. The molecule has 0 fully saturated rings. The van der Waals surface area contributed by atoms with Gasteiger partial charge in [0.05, 0.1) is 0 Å². The molecular weight excluding hydrogens is 241 g/mol. The SMILES string of the molecule is CNCc1ccc(Oc2cc(C)ccc2F)c(C)c1. The summed E-state index contributed by atoms with van der Waals surface area (Å²) in [7, 11) is 1.90. The van der Waals surface area contributed by atoms with Crippen molar-refractivity contribution in [2.75, 3.05) is 7.05 Å². The lowest BCUT2D eigenvalue weighted by Gasteiger charge is -2.11. The lowest BCUT2D eigenvalue weighted by molar-refractivity contribution is 0.439. The van der Waals surface area contributed by atoms with E-state index in [1.54, 1.807) is 12.1 Å². The molecule has 2 aromatic carbocycles. The molecule has 0 aliphatic rings. The van der Waals surface area contributed by atoms with Gasteiger partial charge in [-0.3, -0.25) is 0 Å². The maximum atomic E-state index is 13.7. The molecule has 100 valence electrons. The van der Waals surface area contributed by atoms with E-state index in [0.717, 1.165) is 17.7 Å². The molecule has 0 bridgehead atoms. The number of ether oxygens (including phenoxy) is 1. The van der Waals surface area contributed by atoms with Gasteiger partial charge in [0.25, 0.3) is 0 Å². The minimum Gasteiger partial charge on any atom is -0.454 e. The lowest BCUT2D eigenvalue weighted by Crippen LogP contribution is -2.05. The van der Waals surface area contributed by atoms with Crippen LogP contribution in [-0.2, 0) is 6.54 Å². The Balaban J connectivity index is 2.25. The topological polar surface area (TPSA) is 21.3 Å². The first-order valence-electron chi connectivity index (χ1n) is 6.28. The summed E-state index contributed by atoms with van der Waals surface area (Å²) in [6, 6.07) is 10.8. The van der Waals surface area contributed by atoms with Crippen molar-refractivity contribution in [1.82, 2.24) is 5.32 Å². The molecule has 0 spiro atoms. The summed E-state index contributed by atoms with van der Waals surface area (Å²) >= 11 is 0. The molecular formula is C16H18FNO. The summed E-state index contributed by atoms with van der Waals surface area (Å²) < 4.78 is 19.3. The second-order valence-corrected chi connectivity index (χ2v) is 4.67. The maximum absolute atomic E-state index is 13.7. The van der Waals surface area contributed by atoms with Gasteiger partial charge < -0.3 is 10.1 Å². The van der Waals surface area contributed by atoms with Crippen LogP contribution in [0, 0.1) is 19.7 Å². The molecule has 1 N–H and O–H groups in total. The molecule has 0 radical (unpaired) electrons. The number of rotatable bonds is 4. The average molecular weight is 259 g/mol. The van der Waals surface area contributed by atoms with Gasteiger partial charge in [0.2, 0.25) is 0 Å². The number of hydrogen-bond acceptors (Lipinski definition) is 2. The molecule has 0 unspecified atom stereocenters. The van der Waals surface area contributed by atoms with Crippen LogP contribution in [0.15, 0.2) is 36.4 Å². The van der Waals surface area contributed by atoms with Crippen LogP contribution < -0.4 is 10.1 Å². The van der Waals surface area contributed by atoms with E-state index in [9.17, 15) is 4.39 Å². The van der Waals surface area contributed by atoms with Crippen LogP contribution in [0.3, 0.4) is 0 Å². The summed E-state index contributed by atoms with van der Waals surface area (Å²) in [5.74, 6) is 0.609. The fourth-order valence-corrected chi connectivity index (χ4v) is 1.95. The first-order valence-corrected chi connectivity index (χ1v) is 6.28. The van der Waals surface area contributed by atoms with E-state index in [1.807, 2.05) is 39.1 Å². The first-order chi connectivity index (χ1) is 9.10. The average Bonchev–Trinajstić information content (AvgIpc) is 2.37. The minimum absolute atomic E-state index is 0.268. The van der Waals surface area contributed by atoms with Gasteiger partial charge in [-0.25, -0.2) is 4.39 Å². The third kappa shape index (κ3) is 3.32. The summed E-state index contributed by atoms with van der Waals surface area (Å²) in [6.07, 6.45) is 0. The molecule has 2 nitrogen and oxygen atoms in total. The van der Waals surface area contributed by atoms with Crippen LogP contribution in [0.4, 0.5) is 4.39 Å². The zero-order chi connectivity index (χ0) is 13.8. The molecule has 0 heterocycles. The van der Waals surface area contributed by atoms with E-state index < -0.39 is 0 Å². The molecule has 0 amide bonds. The normalized spacial score (nSPS) is 10.5. The zero-order valence-electron chi connectivity index (χ0n) is 11.5. The number of nitrogens with one attached hydrogen (secondary N) is 1. The highest BCUT2D eigenvalue weighted by molar-refractivity contribution is 5.41. The number of benzene rings is 2. The Morgan fingerprint density at radius 3 is 2.53 bits per heavy atom. The fourth-order valence-electron chi connectivity index (χ4n) is 1.95. The van der Waals surface area contributed by atoms with Crippen LogP contribution in [0.25, 0.3) is 0 Å². The quantitative estimate of drug-likeness (QED) is 0.897. The molecule has 0 aromatic heterocycles. The highest BCUT2D eigenvalue weighted by Crippen LogP contribution is 2.28. The standard InChI is InChI=1S/C16H18FNO/c1-11-4-6-14(17)16(8-11)19-15-7-5-13(10-18-3)9-12(15)2/h4-9,18H,10H2,1-3H3. The van der Waals surface area contributed by atoms with E-state index in [2.05, 4.69) is 5.32 Å². The molecule has 0 aliphatic carbocycles. The van der Waals surface area contributed by atoms with Crippen LogP contribution in [-0.4, -0.2) is 7.05 Å². The first kappa shape index (κ1) is 13.6. The fraction of sp³-hybridized carbons (Fsp3) is 0.250. The van der Waals surface area contributed by atoms with Gasteiger partial charge in [0, 0.05) is 6.54 Å². The van der Waals surface area contributed by atoms with Crippen molar-refractivity contribution in [3.63, 3.8) is 0 Å². The van der Waals surface area contributed by atoms with Crippen molar-refractivity contribution in [1.29, 1.82) is 0 Å². The van der Waals surface area contributed by atoms with Gasteiger partial charge in [-0.1, -0.05) is 18.2 Å².